The molecule has 9 heteroatoms. The van der Waals surface area contributed by atoms with Crippen molar-refractivity contribution in [1.29, 1.82) is 0 Å². The Kier molecular flexibility index (Phi) is 7.55. The van der Waals surface area contributed by atoms with Crippen molar-refractivity contribution in [1.82, 2.24) is 9.21 Å². The topological polar surface area (TPSA) is 101 Å². The second-order valence-corrected chi connectivity index (χ2v) is 9.88. The van der Waals surface area contributed by atoms with Gasteiger partial charge in [0, 0.05) is 25.9 Å². The van der Waals surface area contributed by atoms with Crippen LogP contribution in [0.1, 0.15) is 19.3 Å². The van der Waals surface area contributed by atoms with E-state index in [9.17, 15) is 16.8 Å². The van der Waals surface area contributed by atoms with Gasteiger partial charge in [0.25, 0.3) is 0 Å². The van der Waals surface area contributed by atoms with E-state index in [1.165, 1.54) is 4.31 Å². The van der Waals surface area contributed by atoms with E-state index in [4.69, 9.17) is 5.73 Å². The fourth-order valence-electron chi connectivity index (χ4n) is 2.31. The molecule has 1 aliphatic heterocycles. The number of hydrogen-bond acceptors (Lipinski definition) is 6. The van der Waals surface area contributed by atoms with Gasteiger partial charge in [-0.25, -0.2) is 21.1 Å². The first-order chi connectivity index (χ1) is 9.74. The van der Waals surface area contributed by atoms with Gasteiger partial charge in [-0.2, -0.15) is 0 Å². The summed E-state index contributed by atoms with van der Waals surface area (Å²) in [7, 11) is -6.74. The third kappa shape index (κ3) is 7.55. The third-order valence-corrected chi connectivity index (χ3v) is 6.66. The summed E-state index contributed by atoms with van der Waals surface area (Å²) < 4.78 is 48.0. The summed E-state index contributed by atoms with van der Waals surface area (Å²) in [6, 6.07) is 0. The molecule has 0 unspecified atom stereocenters. The molecule has 1 saturated heterocycles. The van der Waals surface area contributed by atoms with E-state index >= 15 is 0 Å². The second kappa shape index (κ2) is 8.42. The monoisotopic (exact) mass is 341 g/mol. The molecule has 2 N–H and O–H groups in total. The third-order valence-electron chi connectivity index (χ3n) is 3.58. The molecule has 0 aromatic heterocycles. The van der Waals surface area contributed by atoms with E-state index in [2.05, 4.69) is 4.90 Å². The Balaban J connectivity index is 2.49. The lowest BCUT2D eigenvalue weighted by molar-refractivity contribution is 0.281. The highest BCUT2D eigenvalue weighted by atomic mass is 32.2. The van der Waals surface area contributed by atoms with Crippen molar-refractivity contribution in [2.75, 3.05) is 57.0 Å². The van der Waals surface area contributed by atoms with Crippen LogP contribution in [0.2, 0.25) is 0 Å². The van der Waals surface area contributed by atoms with Gasteiger partial charge in [0.15, 0.2) is 0 Å². The molecule has 0 atom stereocenters. The lowest BCUT2D eigenvalue weighted by atomic mass is 10.3. The maximum absolute atomic E-state index is 12.2. The van der Waals surface area contributed by atoms with Crippen molar-refractivity contribution in [3.05, 3.63) is 0 Å². The van der Waals surface area contributed by atoms with Gasteiger partial charge in [0.1, 0.15) is 9.84 Å². The molecule has 0 aromatic carbocycles. The molecule has 0 spiro atoms. The summed E-state index contributed by atoms with van der Waals surface area (Å²) in [4.78, 5) is 2.25. The minimum Gasteiger partial charge on any atom is -0.330 e. The van der Waals surface area contributed by atoms with Crippen molar-refractivity contribution < 1.29 is 16.8 Å². The van der Waals surface area contributed by atoms with Gasteiger partial charge in [0.2, 0.25) is 10.0 Å². The maximum Gasteiger partial charge on any atom is 0.215 e. The molecule has 1 heterocycles. The molecular formula is C12H27N3O4S2. The summed E-state index contributed by atoms with van der Waals surface area (Å²) in [5.41, 5.74) is 5.47. The predicted molar refractivity (Wildman–Crippen MR) is 84.4 cm³/mol. The van der Waals surface area contributed by atoms with Crippen LogP contribution in [0.15, 0.2) is 0 Å². The Morgan fingerprint density at radius 2 is 1.67 bits per heavy atom. The van der Waals surface area contributed by atoms with E-state index in [-0.39, 0.29) is 11.5 Å². The number of unbranched alkanes of at least 4 members (excludes halogenated alkanes) is 1. The SMILES string of the molecule is CS(=O)(=O)CCS(=O)(=O)N1CCCN(CCCCN)CC1. The summed E-state index contributed by atoms with van der Waals surface area (Å²) >= 11 is 0. The Hall–Kier alpha value is -0.220. The van der Waals surface area contributed by atoms with E-state index in [0.717, 1.165) is 38.6 Å². The van der Waals surface area contributed by atoms with Crippen LogP contribution < -0.4 is 5.73 Å². The average Bonchev–Trinajstić information content (AvgIpc) is 2.62. The van der Waals surface area contributed by atoms with Gasteiger partial charge in [-0.1, -0.05) is 0 Å². The lowest BCUT2D eigenvalue weighted by Gasteiger charge is -2.21. The van der Waals surface area contributed by atoms with E-state index in [1.54, 1.807) is 0 Å². The Morgan fingerprint density at radius 1 is 0.952 bits per heavy atom. The fourth-order valence-corrected chi connectivity index (χ4v) is 5.39. The van der Waals surface area contributed by atoms with Crippen LogP contribution in [0.4, 0.5) is 0 Å². The quantitative estimate of drug-likeness (QED) is 0.575. The highest BCUT2D eigenvalue weighted by Crippen LogP contribution is 2.10. The van der Waals surface area contributed by atoms with Crippen LogP contribution >= 0.6 is 0 Å². The molecule has 1 aliphatic rings. The van der Waals surface area contributed by atoms with E-state index in [1.807, 2.05) is 0 Å². The van der Waals surface area contributed by atoms with Crippen LogP contribution in [-0.4, -0.2) is 83.1 Å². The largest absolute Gasteiger partial charge is 0.330 e. The van der Waals surface area contributed by atoms with Crippen molar-refractivity contribution in [2.45, 2.75) is 19.3 Å². The zero-order chi connectivity index (χ0) is 15.9. The normalized spacial score (nSPS) is 19.5. The van der Waals surface area contributed by atoms with Crippen molar-refractivity contribution in [3.8, 4) is 0 Å². The van der Waals surface area contributed by atoms with Crippen LogP contribution in [-0.2, 0) is 19.9 Å². The lowest BCUT2D eigenvalue weighted by Crippen LogP contribution is -2.38. The van der Waals surface area contributed by atoms with Crippen LogP contribution in [0.5, 0.6) is 0 Å². The summed E-state index contributed by atoms with van der Waals surface area (Å²) in [6.45, 7) is 4.10. The number of hydrogen-bond donors (Lipinski definition) is 1. The number of nitrogens with two attached hydrogens (primary N) is 1. The Bertz CT molecular complexity index is 505. The minimum atomic E-state index is -3.48. The molecule has 0 aromatic rings. The molecule has 0 bridgehead atoms. The summed E-state index contributed by atoms with van der Waals surface area (Å²) in [5, 5.41) is 0. The molecule has 0 aliphatic carbocycles. The van der Waals surface area contributed by atoms with Crippen molar-refractivity contribution in [3.63, 3.8) is 0 Å². The van der Waals surface area contributed by atoms with Gasteiger partial charge in [-0.05, 0) is 38.9 Å². The highest BCUT2D eigenvalue weighted by molar-refractivity contribution is 7.93. The fraction of sp³-hybridized carbons (Fsp3) is 1.00. The van der Waals surface area contributed by atoms with Gasteiger partial charge in [-0.3, -0.25) is 0 Å². The minimum absolute atomic E-state index is 0.313. The molecule has 7 nitrogen and oxygen atoms in total. The Morgan fingerprint density at radius 3 is 2.29 bits per heavy atom. The van der Waals surface area contributed by atoms with Gasteiger partial charge >= 0.3 is 0 Å². The number of sulfonamides is 1. The molecule has 0 radical (unpaired) electrons. The van der Waals surface area contributed by atoms with Gasteiger partial charge in [0.05, 0.1) is 11.5 Å². The van der Waals surface area contributed by atoms with E-state index in [0.29, 0.717) is 26.2 Å². The molecule has 21 heavy (non-hydrogen) atoms. The standard InChI is InChI=1S/C12H27N3O4S2/c1-20(16,17)11-12-21(18,19)15-8-4-7-14(9-10-15)6-3-2-5-13/h2-13H2,1H3. The van der Waals surface area contributed by atoms with Crippen molar-refractivity contribution >= 4 is 19.9 Å². The number of sulfone groups is 1. The summed E-state index contributed by atoms with van der Waals surface area (Å²) in [6.07, 6.45) is 3.84. The first-order valence-electron chi connectivity index (χ1n) is 7.32. The van der Waals surface area contributed by atoms with Crippen LogP contribution in [0.25, 0.3) is 0 Å². The molecular weight excluding hydrogens is 314 g/mol. The van der Waals surface area contributed by atoms with Gasteiger partial charge in [-0.15, -0.1) is 0 Å². The zero-order valence-corrected chi connectivity index (χ0v) is 14.3. The smallest absolute Gasteiger partial charge is 0.215 e. The molecule has 0 saturated carbocycles. The molecule has 126 valence electrons. The highest BCUT2D eigenvalue weighted by Gasteiger charge is 2.25. The molecule has 1 rings (SSSR count). The van der Waals surface area contributed by atoms with Crippen LogP contribution in [0.3, 0.4) is 0 Å². The van der Waals surface area contributed by atoms with Crippen LogP contribution in [0, 0.1) is 0 Å². The number of nitrogens with zero attached hydrogens (tertiary/aromatic N) is 2. The second-order valence-electron chi connectivity index (χ2n) is 5.54. The Labute approximate surface area is 128 Å². The molecule has 1 fully saturated rings. The molecule has 0 amide bonds. The summed E-state index contributed by atoms with van der Waals surface area (Å²) in [5.74, 6) is -0.634. The maximum atomic E-state index is 12.2. The average molecular weight is 341 g/mol. The number of rotatable bonds is 8. The van der Waals surface area contributed by atoms with Crippen molar-refractivity contribution in [2.24, 2.45) is 5.73 Å². The van der Waals surface area contributed by atoms with Gasteiger partial charge < -0.3 is 10.6 Å². The van der Waals surface area contributed by atoms with E-state index < -0.39 is 19.9 Å². The first-order valence-corrected chi connectivity index (χ1v) is 11.0. The zero-order valence-electron chi connectivity index (χ0n) is 12.7. The predicted octanol–water partition coefficient (Wildman–Crippen LogP) is -0.893. The first kappa shape index (κ1) is 18.8.